The molecule has 0 saturated carbocycles. The Morgan fingerprint density at radius 2 is 2.15 bits per heavy atom. The van der Waals surface area contributed by atoms with E-state index in [1.54, 1.807) is 0 Å². The summed E-state index contributed by atoms with van der Waals surface area (Å²) in [5, 5.41) is 8.70. The van der Waals surface area contributed by atoms with Gasteiger partial charge in [-0.1, -0.05) is 6.07 Å². The first-order chi connectivity index (χ1) is 6.15. The van der Waals surface area contributed by atoms with Gasteiger partial charge in [0.25, 0.3) is 0 Å². The summed E-state index contributed by atoms with van der Waals surface area (Å²) >= 11 is 3.30. The second-order valence-electron chi connectivity index (χ2n) is 2.90. The zero-order valence-corrected chi connectivity index (χ0v) is 8.79. The van der Waals surface area contributed by atoms with Crippen molar-refractivity contribution in [1.29, 1.82) is 0 Å². The maximum absolute atomic E-state index is 8.70. The first kappa shape index (κ1) is 10.5. The van der Waals surface area contributed by atoms with E-state index >= 15 is 0 Å². The number of anilines is 1. The molecule has 0 spiro atoms. The first-order valence-electron chi connectivity index (χ1n) is 4.06. The van der Waals surface area contributed by atoms with Gasteiger partial charge in [-0.2, -0.15) is 0 Å². The van der Waals surface area contributed by atoms with Crippen LogP contribution in [0.3, 0.4) is 0 Å². The molecular weight excluding hydrogens is 232 g/mol. The standard InChI is InChI=1S/C9H13BrN2O/c10-7-2-1-6(5-9(7)12)8(11)3-4-13/h1-2,5,8,13H,3-4,11-12H2/t8-/m1/s1. The van der Waals surface area contributed by atoms with E-state index in [9.17, 15) is 0 Å². The highest BCUT2D eigenvalue weighted by molar-refractivity contribution is 9.10. The molecule has 0 heterocycles. The Kier molecular flexibility index (Phi) is 3.71. The monoisotopic (exact) mass is 244 g/mol. The number of nitrogens with two attached hydrogens (primary N) is 2. The molecule has 0 fully saturated rings. The molecule has 1 aromatic carbocycles. The lowest BCUT2D eigenvalue weighted by atomic mass is 10.0. The van der Waals surface area contributed by atoms with Crippen molar-refractivity contribution >= 4 is 21.6 Å². The summed E-state index contributed by atoms with van der Waals surface area (Å²) in [5.74, 6) is 0. The number of benzene rings is 1. The molecule has 13 heavy (non-hydrogen) atoms. The Balaban J connectivity index is 2.84. The van der Waals surface area contributed by atoms with Crippen molar-refractivity contribution < 1.29 is 5.11 Å². The van der Waals surface area contributed by atoms with Crippen LogP contribution in [0.15, 0.2) is 22.7 Å². The molecule has 0 unspecified atom stereocenters. The minimum Gasteiger partial charge on any atom is -0.398 e. The smallest absolute Gasteiger partial charge is 0.0461 e. The van der Waals surface area contributed by atoms with Gasteiger partial charge in [0, 0.05) is 22.8 Å². The average Bonchev–Trinajstić information content (AvgIpc) is 2.10. The zero-order chi connectivity index (χ0) is 9.84. The van der Waals surface area contributed by atoms with Crippen molar-refractivity contribution in [2.45, 2.75) is 12.5 Å². The van der Waals surface area contributed by atoms with Gasteiger partial charge in [0.05, 0.1) is 0 Å². The zero-order valence-electron chi connectivity index (χ0n) is 7.20. The highest BCUT2D eigenvalue weighted by Gasteiger charge is 2.06. The number of hydrogen-bond acceptors (Lipinski definition) is 3. The van der Waals surface area contributed by atoms with Crippen LogP contribution in [0.1, 0.15) is 18.0 Å². The SMILES string of the molecule is Nc1cc([C@H](N)CCO)ccc1Br. The summed E-state index contributed by atoms with van der Waals surface area (Å²) in [4.78, 5) is 0. The predicted octanol–water partition coefficient (Wildman–Crippen LogP) is 1.41. The summed E-state index contributed by atoms with van der Waals surface area (Å²) < 4.78 is 0.868. The summed E-state index contributed by atoms with van der Waals surface area (Å²) in [5.41, 5.74) is 13.1. The maximum Gasteiger partial charge on any atom is 0.0461 e. The molecule has 0 aliphatic heterocycles. The van der Waals surface area contributed by atoms with E-state index in [4.69, 9.17) is 16.6 Å². The fourth-order valence-electron chi connectivity index (χ4n) is 1.10. The second-order valence-corrected chi connectivity index (χ2v) is 3.75. The molecule has 5 N–H and O–H groups in total. The highest BCUT2D eigenvalue weighted by atomic mass is 79.9. The van der Waals surface area contributed by atoms with Gasteiger partial charge in [-0.05, 0) is 40.0 Å². The van der Waals surface area contributed by atoms with E-state index in [1.807, 2.05) is 18.2 Å². The Hall–Kier alpha value is -0.580. The lowest BCUT2D eigenvalue weighted by molar-refractivity contribution is 0.276. The van der Waals surface area contributed by atoms with Crippen molar-refractivity contribution in [3.05, 3.63) is 28.2 Å². The summed E-state index contributed by atoms with van der Waals surface area (Å²) in [6.07, 6.45) is 0.557. The van der Waals surface area contributed by atoms with Crippen molar-refractivity contribution in [3.8, 4) is 0 Å². The summed E-state index contributed by atoms with van der Waals surface area (Å²) in [7, 11) is 0. The largest absolute Gasteiger partial charge is 0.398 e. The molecule has 0 aliphatic carbocycles. The van der Waals surface area contributed by atoms with Gasteiger partial charge in [-0.25, -0.2) is 0 Å². The molecule has 0 aromatic heterocycles. The van der Waals surface area contributed by atoms with E-state index < -0.39 is 0 Å². The fourth-order valence-corrected chi connectivity index (χ4v) is 1.35. The number of aliphatic hydroxyl groups excluding tert-OH is 1. The maximum atomic E-state index is 8.70. The van der Waals surface area contributed by atoms with E-state index in [-0.39, 0.29) is 12.6 Å². The van der Waals surface area contributed by atoms with Crippen LogP contribution in [0.5, 0.6) is 0 Å². The normalized spacial score (nSPS) is 12.8. The van der Waals surface area contributed by atoms with Crippen LogP contribution in [0.25, 0.3) is 0 Å². The second kappa shape index (κ2) is 4.60. The molecule has 0 aliphatic rings. The first-order valence-corrected chi connectivity index (χ1v) is 4.86. The molecule has 3 nitrogen and oxygen atoms in total. The van der Waals surface area contributed by atoms with Crippen LogP contribution in [0.4, 0.5) is 5.69 Å². The Labute approximate surface area is 85.9 Å². The third kappa shape index (κ3) is 2.69. The molecule has 0 bridgehead atoms. The minimum absolute atomic E-state index is 0.0944. The lowest BCUT2D eigenvalue weighted by Crippen LogP contribution is -2.12. The van der Waals surface area contributed by atoms with E-state index in [2.05, 4.69) is 15.9 Å². The van der Waals surface area contributed by atoms with Gasteiger partial charge in [0.15, 0.2) is 0 Å². The summed E-state index contributed by atoms with van der Waals surface area (Å²) in [6.45, 7) is 0.0944. The molecule has 1 rings (SSSR count). The molecule has 4 heteroatoms. The van der Waals surface area contributed by atoms with Crippen molar-refractivity contribution in [2.24, 2.45) is 5.73 Å². The number of nitrogen functional groups attached to an aromatic ring is 1. The Bertz CT molecular complexity index is 291. The van der Waals surface area contributed by atoms with E-state index in [1.165, 1.54) is 0 Å². The van der Waals surface area contributed by atoms with Gasteiger partial charge < -0.3 is 16.6 Å². The molecule has 0 radical (unpaired) electrons. The third-order valence-corrected chi connectivity index (χ3v) is 2.61. The van der Waals surface area contributed by atoms with Crippen LogP contribution < -0.4 is 11.5 Å². The van der Waals surface area contributed by atoms with Gasteiger partial charge in [-0.15, -0.1) is 0 Å². The topological polar surface area (TPSA) is 72.3 Å². The summed E-state index contributed by atoms with van der Waals surface area (Å²) in [6, 6.07) is 5.45. The number of hydrogen-bond donors (Lipinski definition) is 3. The van der Waals surface area contributed by atoms with Crippen molar-refractivity contribution in [2.75, 3.05) is 12.3 Å². The Morgan fingerprint density at radius 1 is 1.46 bits per heavy atom. The number of halogens is 1. The van der Waals surface area contributed by atoms with Crippen LogP contribution in [-0.2, 0) is 0 Å². The van der Waals surface area contributed by atoms with Crippen molar-refractivity contribution in [3.63, 3.8) is 0 Å². The fraction of sp³-hybridized carbons (Fsp3) is 0.333. The van der Waals surface area contributed by atoms with Crippen molar-refractivity contribution in [1.82, 2.24) is 0 Å². The van der Waals surface area contributed by atoms with E-state index in [0.717, 1.165) is 10.0 Å². The Morgan fingerprint density at radius 3 is 2.69 bits per heavy atom. The van der Waals surface area contributed by atoms with Crippen LogP contribution in [-0.4, -0.2) is 11.7 Å². The molecule has 72 valence electrons. The molecule has 0 saturated heterocycles. The number of aliphatic hydroxyl groups is 1. The minimum atomic E-state index is -0.139. The van der Waals surface area contributed by atoms with Gasteiger partial charge in [0.2, 0.25) is 0 Å². The van der Waals surface area contributed by atoms with Crippen LogP contribution in [0, 0.1) is 0 Å². The van der Waals surface area contributed by atoms with Gasteiger partial charge in [0.1, 0.15) is 0 Å². The molecular formula is C9H13BrN2O. The predicted molar refractivity (Wildman–Crippen MR) is 57.2 cm³/mol. The molecule has 1 aromatic rings. The molecule has 0 amide bonds. The quantitative estimate of drug-likeness (QED) is 0.705. The van der Waals surface area contributed by atoms with E-state index in [0.29, 0.717) is 12.1 Å². The number of rotatable bonds is 3. The molecule has 1 atom stereocenters. The third-order valence-electron chi connectivity index (χ3n) is 1.89. The average molecular weight is 245 g/mol. The van der Waals surface area contributed by atoms with Gasteiger partial charge in [-0.3, -0.25) is 0 Å². The van der Waals surface area contributed by atoms with Gasteiger partial charge >= 0.3 is 0 Å². The highest BCUT2D eigenvalue weighted by Crippen LogP contribution is 2.23. The lowest BCUT2D eigenvalue weighted by Gasteiger charge is -2.11. The van der Waals surface area contributed by atoms with Crippen LogP contribution >= 0.6 is 15.9 Å². The van der Waals surface area contributed by atoms with Crippen LogP contribution in [0.2, 0.25) is 0 Å².